The monoisotopic (exact) mass is 485 g/mol. The van der Waals surface area contributed by atoms with Crippen LogP contribution in [0.25, 0.3) is 11.3 Å². The summed E-state index contributed by atoms with van der Waals surface area (Å²) >= 11 is 7.40. The van der Waals surface area contributed by atoms with Gasteiger partial charge in [0.1, 0.15) is 11.5 Å². The first kappa shape index (κ1) is 22.3. The Morgan fingerprint density at radius 1 is 1.12 bits per heavy atom. The Balaban J connectivity index is 1.15. The van der Waals surface area contributed by atoms with Crippen LogP contribution >= 0.6 is 23.4 Å². The first-order valence-electron chi connectivity index (χ1n) is 11.5. The number of hydrogen-bond donors (Lipinski definition) is 1. The predicted molar refractivity (Wildman–Crippen MR) is 131 cm³/mol. The van der Waals surface area contributed by atoms with E-state index in [1.54, 1.807) is 0 Å². The second kappa shape index (κ2) is 9.81. The molecule has 3 heterocycles. The lowest BCUT2D eigenvalue weighted by Gasteiger charge is -2.31. The standard InChI is InChI=1S/C24H28ClN5O2S/c1-16-10-12-29(13-11-16)23-27-28-24(30(23)19-6-7-19)33-15-22(31)26-14-20-8-9-21(32-20)17-2-4-18(25)5-3-17/h2-5,8-9,16,19H,6-7,10-15H2,1H3,(H,26,31). The molecule has 2 fully saturated rings. The van der Waals surface area contributed by atoms with Crippen LogP contribution in [0.5, 0.6) is 0 Å². The van der Waals surface area contributed by atoms with Crippen LogP contribution in [0.4, 0.5) is 5.95 Å². The van der Waals surface area contributed by atoms with Crippen LogP contribution in [0.2, 0.25) is 5.02 Å². The van der Waals surface area contributed by atoms with Gasteiger partial charge < -0.3 is 14.6 Å². The number of hydrogen-bond acceptors (Lipinski definition) is 6. The van der Waals surface area contributed by atoms with Gasteiger partial charge in [-0.1, -0.05) is 30.3 Å². The third-order valence-electron chi connectivity index (χ3n) is 6.21. The van der Waals surface area contributed by atoms with Gasteiger partial charge in [-0.05, 0) is 68.0 Å². The van der Waals surface area contributed by atoms with Gasteiger partial charge in [-0.25, -0.2) is 0 Å². The maximum atomic E-state index is 12.5. The molecule has 9 heteroatoms. The molecule has 2 aliphatic rings. The van der Waals surface area contributed by atoms with Gasteiger partial charge >= 0.3 is 0 Å². The lowest BCUT2D eigenvalue weighted by molar-refractivity contribution is -0.118. The molecule has 1 aliphatic carbocycles. The van der Waals surface area contributed by atoms with E-state index in [9.17, 15) is 4.79 Å². The average Bonchev–Trinajstić information content (AvgIpc) is 3.39. The summed E-state index contributed by atoms with van der Waals surface area (Å²) < 4.78 is 8.11. The summed E-state index contributed by atoms with van der Waals surface area (Å²) in [7, 11) is 0. The predicted octanol–water partition coefficient (Wildman–Crippen LogP) is 5.17. The summed E-state index contributed by atoms with van der Waals surface area (Å²) in [6.45, 7) is 4.71. The van der Waals surface area contributed by atoms with Crippen LogP contribution in [0.1, 0.15) is 44.4 Å². The summed E-state index contributed by atoms with van der Waals surface area (Å²) in [5.74, 6) is 3.45. The van der Waals surface area contributed by atoms with E-state index in [4.69, 9.17) is 16.0 Å². The normalized spacial score (nSPS) is 16.8. The number of carbonyl (C=O) groups excluding carboxylic acids is 1. The quantitative estimate of drug-likeness (QED) is 0.443. The van der Waals surface area contributed by atoms with E-state index in [-0.39, 0.29) is 5.91 Å². The molecular formula is C24H28ClN5O2S. The topological polar surface area (TPSA) is 76.2 Å². The molecule has 0 spiro atoms. The van der Waals surface area contributed by atoms with Crippen molar-refractivity contribution in [3.63, 3.8) is 0 Å². The number of benzene rings is 1. The van der Waals surface area contributed by atoms with Crippen molar-refractivity contribution in [3.05, 3.63) is 47.2 Å². The lowest BCUT2D eigenvalue weighted by Crippen LogP contribution is -2.34. The molecule has 1 saturated heterocycles. The average molecular weight is 486 g/mol. The third-order valence-corrected chi connectivity index (χ3v) is 7.40. The van der Waals surface area contributed by atoms with Crippen molar-refractivity contribution in [1.82, 2.24) is 20.1 Å². The number of piperidine rings is 1. The van der Waals surface area contributed by atoms with E-state index in [0.717, 1.165) is 54.3 Å². The van der Waals surface area contributed by atoms with Crippen molar-refractivity contribution in [1.29, 1.82) is 0 Å². The first-order valence-corrected chi connectivity index (χ1v) is 12.9. The van der Waals surface area contributed by atoms with Crippen LogP contribution in [-0.2, 0) is 11.3 Å². The van der Waals surface area contributed by atoms with Gasteiger partial charge in [0.2, 0.25) is 11.9 Å². The summed E-state index contributed by atoms with van der Waals surface area (Å²) in [4.78, 5) is 14.8. The maximum absolute atomic E-state index is 12.5. The van der Waals surface area contributed by atoms with Crippen LogP contribution < -0.4 is 10.2 Å². The van der Waals surface area contributed by atoms with Gasteiger partial charge in [0.05, 0.1) is 12.3 Å². The molecule has 0 unspecified atom stereocenters. The summed E-state index contributed by atoms with van der Waals surface area (Å²) in [6.07, 6.45) is 4.69. The SMILES string of the molecule is CC1CCN(c2nnc(SCC(=O)NCc3ccc(-c4ccc(Cl)cc4)o3)n2C2CC2)CC1. The Kier molecular flexibility index (Phi) is 6.64. The van der Waals surface area contributed by atoms with Gasteiger partial charge in [-0.3, -0.25) is 9.36 Å². The number of aromatic nitrogens is 3. The summed E-state index contributed by atoms with van der Waals surface area (Å²) in [5, 5.41) is 13.4. The molecular weight excluding hydrogens is 458 g/mol. The second-order valence-corrected chi connectivity index (χ2v) is 10.3. The molecule has 1 aromatic carbocycles. The van der Waals surface area contributed by atoms with Crippen molar-refractivity contribution in [2.24, 2.45) is 5.92 Å². The minimum absolute atomic E-state index is 0.0527. The Bertz CT molecular complexity index is 1100. The molecule has 1 amide bonds. The van der Waals surface area contributed by atoms with E-state index >= 15 is 0 Å². The molecule has 0 bridgehead atoms. The number of carbonyl (C=O) groups is 1. The van der Waals surface area contributed by atoms with Crippen LogP contribution in [0.15, 0.2) is 46.0 Å². The number of anilines is 1. The van der Waals surface area contributed by atoms with Crippen molar-refractivity contribution in [2.45, 2.75) is 50.4 Å². The van der Waals surface area contributed by atoms with E-state index in [1.165, 1.54) is 24.6 Å². The van der Waals surface area contributed by atoms with Crippen molar-refractivity contribution >= 4 is 35.2 Å². The molecule has 1 aliphatic heterocycles. The van der Waals surface area contributed by atoms with Crippen LogP contribution in [0.3, 0.4) is 0 Å². The first-order chi connectivity index (χ1) is 16.1. The fourth-order valence-corrected chi connectivity index (χ4v) is 5.01. The highest BCUT2D eigenvalue weighted by Crippen LogP contribution is 2.41. The van der Waals surface area contributed by atoms with Gasteiger partial charge in [-0.15, -0.1) is 10.2 Å². The second-order valence-electron chi connectivity index (χ2n) is 8.89. The Labute approximate surface area is 202 Å². The number of nitrogens with zero attached hydrogens (tertiary/aromatic N) is 4. The van der Waals surface area contributed by atoms with E-state index in [2.05, 4.69) is 31.9 Å². The molecule has 0 radical (unpaired) electrons. The molecule has 174 valence electrons. The fraction of sp³-hybridized carbons (Fsp3) is 0.458. The van der Waals surface area contributed by atoms with Crippen molar-refractivity contribution in [3.8, 4) is 11.3 Å². The lowest BCUT2D eigenvalue weighted by atomic mass is 10.00. The zero-order chi connectivity index (χ0) is 22.8. The number of furan rings is 1. The number of nitrogens with one attached hydrogen (secondary N) is 1. The Morgan fingerprint density at radius 3 is 2.61 bits per heavy atom. The number of thioether (sulfide) groups is 1. The van der Waals surface area contributed by atoms with Crippen molar-refractivity contribution < 1.29 is 9.21 Å². The molecule has 2 aromatic heterocycles. The fourth-order valence-electron chi connectivity index (χ4n) is 4.05. The van der Waals surface area contributed by atoms with E-state index in [0.29, 0.717) is 29.1 Å². The number of amides is 1. The zero-order valence-corrected chi connectivity index (χ0v) is 20.2. The van der Waals surface area contributed by atoms with Gasteiger partial charge in [0, 0.05) is 29.7 Å². The van der Waals surface area contributed by atoms with Crippen LogP contribution in [-0.4, -0.2) is 39.5 Å². The minimum atomic E-state index is -0.0527. The van der Waals surface area contributed by atoms with Gasteiger partial charge in [-0.2, -0.15) is 0 Å². The Hall–Kier alpha value is -2.45. The summed E-state index contributed by atoms with van der Waals surface area (Å²) in [5.41, 5.74) is 0.950. The van der Waals surface area contributed by atoms with Gasteiger partial charge in [0.25, 0.3) is 0 Å². The largest absolute Gasteiger partial charge is 0.459 e. The highest BCUT2D eigenvalue weighted by Gasteiger charge is 2.32. The molecule has 1 saturated carbocycles. The Morgan fingerprint density at radius 2 is 1.88 bits per heavy atom. The minimum Gasteiger partial charge on any atom is -0.459 e. The highest BCUT2D eigenvalue weighted by molar-refractivity contribution is 7.99. The van der Waals surface area contributed by atoms with Gasteiger partial charge in [0.15, 0.2) is 5.16 Å². The molecule has 1 N–H and O–H groups in total. The summed E-state index contributed by atoms with van der Waals surface area (Å²) in [6, 6.07) is 11.7. The number of rotatable bonds is 8. The van der Waals surface area contributed by atoms with E-state index < -0.39 is 0 Å². The molecule has 5 rings (SSSR count). The van der Waals surface area contributed by atoms with Crippen molar-refractivity contribution in [2.75, 3.05) is 23.7 Å². The number of halogens is 1. The molecule has 7 nitrogen and oxygen atoms in total. The molecule has 3 aromatic rings. The highest BCUT2D eigenvalue weighted by atomic mass is 35.5. The van der Waals surface area contributed by atoms with E-state index in [1.807, 2.05) is 36.4 Å². The van der Waals surface area contributed by atoms with Crippen LogP contribution in [0, 0.1) is 5.92 Å². The molecule has 0 atom stereocenters. The third kappa shape index (κ3) is 5.38. The zero-order valence-electron chi connectivity index (χ0n) is 18.7. The molecule has 33 heavy (non-hydrogen) atoms. The maximum Gasteiger partial charge on any atom is 0.230 e. The smallest absolute Gasteiger partial charge is 0.230 e.